The zero-order chi connectivity index (χ0) is 11.5. The number of nitrogens with zero attached hydrogens (tertiary/aromatic N) is 1. The summed E-state index contributed by atoms with van der Waals surface area (Å²) in [6.07, 6.45) is 0. The van der Waals surface area contributed by atoms with Gasteiger partial charge in [0.25, 0.3) is 5.91 Å². The molecule has 0 radical (unpaired) electrons. The number of rotatable bonds is 1. The van der Waals surface area contributed by atoms with Crippen molar-refractivity contribution in [2.75, 3.05) is 12.3 Å². The summed E-state index contributed by atoms with van der Waals surface area (Å²) in [4.78, 5) is 15.9. The maximum absolute atomic E-state index is 13.0. The molecule has 1 aliphatic heterocycles. The third-order valence-electron chi connectivity index (χ3n) is 2.23. The summed E-state index contributed by atoms with van der Waals surface area (Å²) < 4.78 is 13.0. The summed E-state index contributed by atoms with van der Waals surface area (Å²) in [5.74, 6) is 0.360. The number of aryl methyl sites for hydroxylation is 1. The highest BCUT2D eigenvalue weighted by Gasteiger charge is 2.13. The Morgan fingerprint density at radius 2 is 2.38 bits per heavy atom. The molecule has 0 spiro atoms. The first-order valence-corrected chi connectivity index (χ1v) is 5.90. The number of benzene rings is 1. The second kappa shape index (κ2) is 4.65. The van der Waals surface area contributed by atoms with Crippen LogP contribution < -0.4 is 5.32 Å². The number of nitrogens with one attached hydrogen (secondary N) is 1. The van der Waals surface area contributed by atoms with E-state index in [4.69, 9.17) is 0 Å². The molecule has 0 aliphatic carbocycles. The second-order valence-electron chi connectivity index (χ2n) is 3.45. The summed E-state index contributed by atoms with van der Waals surface area (Å²) >= 11 is 1.52. The van der Waals surface area contributed by atoms with E-state index >= 15 is 0 Å². The van der Waals surface area contributed by atoms with Gasteiger partial charge in [-0.1, -0.05) is 11.8 Å². The van der Waals surface area contributed by atoms with E-state index in [1.165, 1.54) is 30.0 Å². The first kappa shape index (κ1) is 11.1. The fraction of sp³-hybridized carbons (Fsp3) is 0.273. The lowest BCUT2D eigenvalue weighted by Crippen LogP contribution is -2.27. The lowest BCUT2D eigenvalue weighted by Gasteiger charge is -2.04. The maximum atomic E-state index is 13.0. The molecule has 0 aromatic heterocycles. The van der Waals surface area contributed by atoms with Gasteiger partial charge in [-0.05, 0) is 30.7 Å². The maximum Gasteiger partial charge on any atom is 0.257 e. The number of amides is 1. The van der Waals surface area contributed by atoms with Gasteiger partial charge >= 0.3 is 0 Å². The fourth-order valence-electron chi connectivity index (χ4n) is 1.37. The van der Waals surface area contributed by atoms with Crippen molar-refractivity contribution in [1.82, 2.24) is 5.32 Å². The zero-order valence-electron chi connectivity index (χ0n) is 8.79. The molecule has 1 amide bonds. The number of amidine groups is 1. The number of thioether (sulfide) groups is 1. The Hall–Kier alpha value is -1.36. The van der Waals surface area contributed by atoms with Crippen molar-refractivity contribution in [2.24, 2.45) is 4.99 Å². The number of aliphatic imine (C=N–C) groups is 1. The van der Waals surface area contributed by atoms with E-state index < -0.39 is 0 Å². The molecular formula is C11H11FN2OS. The minimum Gasteiger partial charge on any atom is -0.301 e. The highest BCUT2D eigenvalue weighted by molar-refractivity contribution is 8.14. The second-order valence-corrected chi connectivity index (χ2v) is 4.54. The van der Waals surface area contributed by atoms with Crippen LogP contribution in [0.5, 0.6) is 0 Å². The number of carbonyl (C=O) groups is 1. The quantitative estimate of drug-likeness (QED) is 0.812. The first-order chi connectivity index (χ1) is 7.66. The zero-order valence-corrected chi connectivity index (χ0v) is 9.60. The molecule has 2 rings (SSSR count). The minimum absolute atomic E-state index is 0.240. The average molecular weight is 238 g/mol. The molecule has 1 N–H and O–H groups in total. The van der Waals surface area contributed by atoms with E-state index in [2.05, 4.69) is 10.3 Å². The Balaban J connectivity index is 2.11. The summed E-state index contributed by atoms with van der Waals surface area (Å²) in [5.41, 5.74) is 0.919. The molecule has 16 heavy (non-hydrogen) atoms. The van der Waals surface area contributed by atoms with Crippen molar-refractivity contribution in [3.8, 4) is 0 Å². The van der Waals surface area contributed by atoms with Gasteiger partial charge in [0.05, 0.1) is 6.54 Å². The van der Waals surface area contributed by atoms with E-state index in [0.29, 0.717) is 16.3 Å². The van der Waals surface area contributed by atoms with Crippen LogP contribution >= 0.6 is 11.8 Å². The van der Waals surface area contributed by atoms with Gasteiger partial charge in [0.1, 0.15) is 5.82 Å². The number of halogens is 1. The summed E-state index contributed by atoms with van der Waals surface area (Å²) in [6, 6.07) is 4.30. The van der Waals surface area contributed by atoms with Gasteiger partial charge in [-0.25, -0.2) is 4.39 Å². The molecule has 0 atom stereocenters. The molecular weight excluding hydrogens is 227 g/mol. The first-order valence-electron chi connectivity index (χ1n) is 4.91. The average Bonchev–Trinajstić information content (AvgIpc) is 2.74. The van der Waals surface area contributed by atoms with Crippen molar-refractivity contribution in [2.45, 2.75) is 6.92 Å². The van der Waals surface area contributed by atoms with Crippen molar-refractivity contribution in [3.05, 3.63) is 35.1 Å². The van der Waals surface area contributed by atoms with Crippen LogP contribution in [0.4, 0.5) is 4.39 Å². The predicted octanol–water partition coefficient (Wildman–Crippen LogP) is 1.97. The predicted molar refractivity (Wildman–Crippen MR) is 63.4 cm³/mol. The highest BCUT2D eigenvalue weighted by atomic mass is 32.2. The van der Waals surface area contributed by atoms with Crippen molar-refractivity contribution < 1.29 is 9.18 Å². The monoisotopic (exact) mass is 238 g/mol. The highest BCUT2D eigenvalue weighted by Crippen LogP contribution is 2.12. The van der Waals surface area contributed by atoms with E-state index in [1.54, 1.807) is 6.92 Å². The Kier molecular flexibility index (Phi) is 3.24. The van der Waals surface area contributed by atoms with Crippen molar-refractivity contribution >= 4 is 22.8 Å². The van der Waals surface area contributed by atoms with Gasteiger partial charge in [-0.2, -0.15) is 0 Å². The topological polar surface area (TPSA) is 41.5 Å². The molecule has 0 saturated heterocycles. The van der Waals surface area contributed by atoms with Crippen molar-refractivity contribution in [3.63, 3.8) is 0 Å². The molecule has 0 saturated carbocycles. The van der Waals surface area contributed by atoms with Crippen LogP contribution in [0.3, 0.4) is 0 Å². The van der Waals surface area contributed by atoms with E-state index in [9.17, 15) is 9.18 Å². The lowest BCUT2D eigenvalue weighted by molar-refractivity contribution is 0.0978. The molecule has 0 bridgehead atoms. The Morgan fingerprint density at radius 3 is 3.00 bits per heavy atom. The Bertz CT molecular complexity index is 459. The van der Waals surface area contributed by atoms with E-state index in [1.807, 2.05) is 0 Å². The van der Waals surface area contributed by atoms with Crippen LogP contribution in [0.15, 0.2) is 23.2 Å². The smallest absolute Gasteiger partial charge is 0.257 e. The van der Waals surface area contributed by atoms with Gasteiger partial charge in [0.15, 0.2) is 5.17 Å². The standard InChI is InChI=1S/C11H11FN2OS/c1-7-6-8(2-3-9(7)12)10(15)14-11-13-4-5-16-11/h2-3,6H,4-5H2,1H3,(H,13,14,15). The molecule has 84 valence electrons. The third-order valence-corrected chi connectivity index (χ3v) is 3.12. The van der Waals surface area contributed by atoms with Gasteiger partial charge in [-0.15, -0.1) is 0 Å². The van der Waals surface area contributed by atoms with E-state index in [-0.39, 0.29) is 11.7 Å². The molecule has 0 fully saturated rings. The van der Waals surface area contributed by atoms with Crippen LogP contribution in [0.25, 0.3) is 0 Å². The number of hydrogen-bond acceptors (Lipinski definition) is 3. The van der Waals surface area contributed by atoms with Gasteiger partial charge in [0.2, 0.25) is 0 Å². The van der Waals surface area contributed by atoms with Crippen LogP contribution in [0, 0.1) is 12.7 Å². The van der Waals surface area contributed by atoms with Crippen LogP contribution in [-0.2, 0) is 0 Å². The molecule has 1 heterocycles. The van der Waals surface area contributed by atoms with Gasteiger partial charge in [-0.3, -0.25) is 9.79 Å². The Labute approximate surface area is 97.1 Å². The molecule has 1 aromatic rings. The van der Waals surface area contributed by atoms with E-state index in [0.717, 1.165) is 12.3 Å². The molecule has 5 heteroatoms. The van der Waals surface area contributed by atoms with Crippen LogP contribution in [-0.4, -0.2) is 23.4 Å². The normalized spacial score (nSPS) is 14.8. The molecule has 0 unspecified atom stereocenters. The molecule has 1 aromatic carbocycles. The summed E-state index contributed by atoms with van der Waals surface area (Å²) in [5, 5.41) is 3.34. The summed E-state index contributed by atoms with van der Waals surface area (Å²) in [6.45, 7) is 2.37. The number of carbonyl (C=O) groups excluding carboxylic acids is 1. The SMILES string of the molecule is Cc1cc(C(=O)NC2=NCCS2)ccc1F. The van der Waals surface area contributed by atoms with Crippen LogP contribution in [0.2, 0.25) is 0 Å². The summed E-state index contributed by atoms with van der Waals surface area (Å²) in [7, 11) is 0. The van der Waals surface area contributed by atoms with Gasteiger partial charge < -0.3 is 5.32 Å². The Morgan fingerprint density at radius 1 is 1.56 bits per heavy atom. The molecule has 1 aliphatic rings. The van der Waals surface area contributed by atoms with Gasteiger partial charge in [0, 0.05) is 11.3 Å². The largest absolute Gasteiger partial charge is 0.301 e. The number of hydrogen-bond donors (Lipinski definition) is 1. The minimum atomic E-state index is -0.302. The fourth-order valence-corrected chi connectivity index (χ4v) is 2.09. The lowest BCUT2D eigenvalue weighted by atomic mass is 10.1. The van der Waals surface area contributed by atoms with Crippen LogP contribution in [0.1, 0.15) is 15.9 Å². The molecule has 3 nitrogen and oxygen atoms in total. The van der Waals surface area contributed by atoms with Crippen molar-refractivity contribution in [1.29, 1.82) is 0 Å². The third kappa shape index (κ3) is 2.41.